The lowest BCUT2D eigenvalue weighted by molar-refractivity contribution is -0.139. The molecule has 0 unspecified atom stereocenters. The first-order valence-electron chi connectivity index (χ1n) is 9.34. The normalized spacial score (nSPS) is 11.9. The van der Waals surface area contributed by atoms with Crippen molar-refractivity contribution in [1.29, 1.82) is 0 Å². The van der Waals surface area contributed by atoms with E-state index in [1.54, 1.807) is 60.7 Å². The number of ether oxygens (including phenoxy) is 1. The lowest BCUT2D eigenvalue weighted by Crippen LogP contribution is -2.09. The number of alkyl halides is 3. The van der Waals surface area contributed by atoms with E-state index in [1.807, 2.05) is 6.07 Å². The third kappa shape index (κ3) is 6.39. The Bertz CT molecular complexity index is 1050. The van der Waals surface area contributed by atoms with Gasteiger partial charge in [0.2, 0.25) is 0 Å². The van der Waals surface area contributed by atoms with E-state index in [1.165, 1.54) is 23.9 Å². The molecule has 0 amide bonds. The highest BCUT2D eigenvalue weighted by Gasteiger charge is 2.33. The van der Waals surface area contributed by atoms with Gasteiger partial charge in [-0.3, -0.25) is 0 Å². The summed E-state index contributed by atoms with van der Waals surface area (Å²) in [4.78, 5) is 11.4. The molecule has 0 radical (unpaired) electrons. The summed E-state index contributed by atoms with van der Waals surface area (Å²) in [7, 11) is 0. The van der Waals surface area contributed by atoms with Crippen molar-refractivity contribution in [3.8, 4) is 5.75 Å². The van der Waals surface area contributed by atoms with Crippen LogP contribution in [0.2, 0.25) is 0 Å². The molecule has 0 saturated carbocycles. The van der Waals surface area contributed by atoms with Gasteiger partial charge in [0.1, 0.15) is 5.75 Å². The molecule has 7 heteroatoms. The van der Waals surface area contributed by atoms with Gasteiger partial charge in [-0.1, -0.05) is 54.6 Å². The number of aliphatic carboxylic acids is 1. The van der Waals surface area contributed by atoms with Crippen LogP contribution >= 0.6 is 11.8 Å². The van der Waals surface area contributed by atoms with Gasteiger partial charge in [0.15, 0.2) is 6.61 Å². The molecular formula is C24H19F3O3S. The minimum Gasteiger partial charge on any atom is -0.482 e. The standard InChI is InChI=1S/C24H19F3O3S/c25-24(26,27)22-9-5-4-8-21(22)20(17-6-2-1-3-7-17)14-15-31-19-12-10-18(11-13-19)30-16-23(28)29/h1-14H,15-16H2,(H,28,29)/b20-14-. The quantitative estimate of drug-likeness (QED) is 0.409. The third-order valence-electron chi connectivity index (χ3n) is 4.33. The summed E-state index contributed by atoms with van der Waals surface area (Å²) in [6.07, 6.45) is -2.66. The summed E-state index contributed by atoms with van der Waals surface area (Å²) >= 11 is 1.46. The summed E-state index contributed by atoms with van der Waals surface area (Å²) < 4.78 is 45.8. The summed E-state index contributed by atoms with van der Waals surface area (Å²) in [6.45, 7) is -0.422. The van der Waals surface area contributed by atoms with Gasteiger partial charge in [-0.25, -0.2) is 4.79 Å². The molecule has 0 aliphatic carbocycles. The van der Waals surface area contributed by atoms with Crippen molar-refractivity contribution < 1.29 is 27.8 Å². The number of carboxylic acid groups (broad SMARTS) is 1. The van der Waals surface area contributed by atoms with E-state index in [4.69, 9.17) is 9.84 Å². The molecule has 31 heavy (non-hydrogen) atoms. The molecule has 0 aliphatic rings. The van der Waals surface area contributed by atoms with Crippen LogP contribution in [0.1, 0.15) is 16.7 Å². The van der Waals surface area contributed by atoms with E-state index >= 15 is 0 Å². The van der Waals surface area contributed by atoms with Crippen molar-refractivity contribution in [3.05, 3.63) is 102 Å². The number of halogens is 3. The van der Waals surface area contributed by atoms with E-state index in [-0.39, 0.29) is 5.56 Å². The van der Waals surface area contributed by atoms with Crippen LogP contribution in [0, 0.1) is 0 Å². The zero-order valence-corrected chi connectivity index (χ0v) is 17.1. The van der Waals surface area contributed by atoms with Gasteiger partial charge in [0, 0.05) is 10.6 Å². The molecule has 0 saturated heterocycles. The Morgan fingerprint density at radius 2 is 1.58 bits per heavy atom. The number of thioether (sulfide) groups is 1. The Morgan fingerprint density at radius 1 is 0.935 bits per heavy atom. The molecule has 1 N–H and O–H groups in total. The van der Waals surface area contributed by atoms with Crippen molar-refractivity contribution in [2.45, 2.75) is 11.1 Å². The van der Waals surface area contributed by atoms with E-state index in [0.717, 1.165) is 11.0 Å². The minimum absolute atomic E-state index is 0.138. The number of carbonyl (C=O) groups is 1. The van der Waals surface area contributed by atoms with Crippen molar-refractivity contribution in [2.24, 2.45) is 0 Å². The topological polar surface area (TPSA) is 46.5 Å². The SMILES string of the molecule is O=C(O)COc1ccc(SC/C=C(/c2ccccc2)c2ccccc2C(F)(F)F)cc1. The maximum atomic E-state index is 13.6. The number of carboxylic acids is 1. The zero-order chi connectivity index (χ0) is 22.3. The van der Waals surface area contributed by atoms with Crippen molar-refractivity contribution in [2.75, 3.05) is 12.4 Å². The molecule has 0 aliphatic heterocycles. The molecule has 160 valence electrons. The maximum Gasteiger partial charge on any atom is 0.417 e. The largest absolute Gasteiger partial charge is 0.482 e. The van der Waals surface area contributed by atoms with Gasteiger partial charge in [0.05, 0.1) is 5.56 Å². The predicted octanol–water partition coefficient (Wildman–Crippen LogP) is 6.39. The monoisotopic (exact) mass is 444 g/mol. The van der Waals surface area contributed by atoms with Crippen LogP contribution in [-0.4, -0.2) is 23.4 Å². The van der Waals surface area contributed by atoms with Crippen molar-refractivity contribution >= 4 is 23.3 Å². The van der Waals surface area contributed by atoms with E-state index < -0.39 is 24.3 Å². The molecule has 0 bridgehead atoms. The summed E-state index contributed by atoms with van der Waals surface area (Å²) in [5.74, 6) is -0.173. The maximum absolute atomic E-state index is 13.6. The summed E-state index contributed by atoms with van der Waals surface area (Å²) in [5.41, 5.74) is 0.689. The molecule has 3 rings (SSSR count). The minimum atomic E-state index is -4.45. The second-order valence-corrected chi connectivity index (χ2v) is 7.59. The zero-order valence-electron chi connectivity index (χ0n) is 16.3. The van der Waals surface area contributed by atoms with Gasteiger partial charge >= 0.3 is 12.1 Å². The molecule has 0 heterocycles. The Labute approximate surface area is 182 Å². The molecular weight excluding hydrogens is 425 g/mol. The second kappa shape index (κ2) is 10.2. The first-order valence-corrected chi connectivity index (χ1v) is 10.3. The molecule has 0 atom stereocenters. The lowest BCUT2D eigenvalue weighted by atomic mass is 9.93. The van der Waals surface area contributed by atoms with Crippen molar-refractivity contribution in [1.82, 2.24) is 0 Å². The average Bonchev–Trinajstić information content (AvgIpc) is 2.76. The summed E-state index contributed by atoms with van der Waals surface area (Å²) in [5, 5.41) is 8.65. The van der Waals surface area contributed by atoms with E-state index in [9.17, 15) is 18.0 Å². The smallest absolute Gasteiger partial charge is 0.417 e. The fourth-order valence-electron chi connectivity index (χ4n) is 2.96. The Kier molecular flexibility index (Phi) is 7.41. The second-order valence-electron chi connectivity index (χ2n) is 6.49. The van der Waals surface area contributed by atoms with Gasteiger partial charge in [-0.05, 0) is 47.0 Å². The van der Waals surface area contributed by atoms with Crippen LogP contribution in [-0.2, 0) is 11.0 Å². The van der Waals surface area contributed by atoms with Gasteiger partial charge < -0.3 is 9.84 Å². The Hall–Kier alpha value is -3.19. The number of rotatable bonds is 8. The fourth-order valence-corrected chi connectivity index (χ4v) is 3.74. The Morgan fingerprint density at radius 3 is 2.23 bits per heavy atom. The first-order chi connectivity index (χ1) is 14.8. The fraction of sp³-hybridized carbons (Fsp3) is 0.125. The van der Waals surface area contributed by atoms with Gasteiger partial charge in [-0.15, -0.1) is 11.8 Å². The van der Waals surface area contributed by atoms with Crippen LogP contribution in [0.15, 0.2) is 89.8 Å². The highest BCUT2D eigenvalue weighted by Crippen LogP contribution is 2.37. The van der Waals surface area contributed by atoms with Crippen LogP contribution in [0.5, 0.6) is 5.75 Å². The van der Waals surface area contributed by atoms with Gasteiger partial charge in [-0.2, -0.15) is 13.2 Å². The predicted molar refractivity (Wildman–Crippen MR) is 115 cm³/mol. The van der Waals surface area contributed by atoms with Crippen LogP contribution in [0.4, 0.5) is 13.2 Å². The summed E-state index contributed by atoms with van der Waals surface area (Å²) in [6, 6.07) is 21.4. The molecule has 3 aromatic carbocycles. The van der Waals surface area contributed by atoms with Crippen LogP contribution in [0.25, 0.3) is 5.57 Å². The number of hydrogen-bond acceptors (Lipinski definition) is 3. The highest BCUT2D eigenvalue weighted by atomic mass is 32.2. The molecule has 3 nitrogen and oxygen atoms in total. The number of hydrogen-bond donors (Lipinski definition) is 1. The molecule has 3 aromatic rings. The molecule has 0 aromatic heterocycles. The molecule has 0 spiro atoms. The third-order valence-corrected chi connectivity index (χ3v) is 5.27. The first kappa shape index (κ1) is 22.5. The number of benzene rings is 3. The van der Waals surface area contributed by atoms with Crippen LogP contribution < -0.4 is 4.74 Å². The molecule has 0 fully saturated rings. The average molecular weight is 444 g/mol. The van der Waals surface area contributed by atoms with Crippen LogP contribution in [0.3, 0.4) is 0 Å². The van der Waals surface area contributed by atoms with E-state index in [2.05, 4.69) is 0 Å². The van der Waals surface area contributed by atoms with Crippen molar-refractivity contribution in [3.63, 3.8) is 0 Å². The Balaban J connectivity index is 1.83. The van der Waals surface area contributed by atoms with Gasteiger partial charge in [0.25, 0.3) is 0 Å². The lowest BCUT2D eigenvalue weighted by Gasteiger charge is -2.16. The highest BCUT2D eigenvalue weighted by molar-refractivity contribution is 7.99. The van der Waals surface area contributed by atoms with E-state index in [0.29, 0.717) is 22.6 Å².